The van der Waals surface area contributed by atoms with Crippen LogP contribution in [-0.4, -0.2) is 43.4 Å². The number of benzene rings is 1. The number of anilines is 1. The van der Waals surface area contributed by atoms with Crippen molar-refractivity contribution in [1.82, 2.24) is 10.6 Å². The smallest absolute Gasteiger partial charge is 0.325 e. The van der Waals surface area contributed by atoms with Crippen molar-refractivity contribution in [2.45, 2.75) is 26.2 Å². The molecule has 2 aromatic rings. The van der Waals surface area contributed by atoms with Crippen LogP contribution in [0.2, 0.25) is 0 Å². The van der Waals surface area contributed by atoms with Gasteiger partial charge >= 0.3 is 5.97 Å². The molecule has 0 unspecified atom stereocenters. The molecule has 0 bridgehead atoms. The van der Waals surface area contributed by atoms with Gasteiger partial charge in [-0.05, 0) is 42.2 Å². The third-order valence-corrected chi connectivity index (χ3v) is 4.32. The standard InChI is InChI=1S/C21H25N3O6/c1-3-14(2)15-6-8-16(9-7-15)24-19(26)13-30-20(27)12-22-18(25)11-23-21(28)17-5-4-10-29-17/h4-10,14H,3,11-13H2,1-2H3,(H,22,25)(H,23,28)(H,24,26)/t14-/m0/s1. The number of carbonyl (C=O) groups is 4. The Labute approximate surface area is 174 Å². The Kier molecular flexibility index (Phi) is 8.61. The Morgan fingerprint density at radius 1 is 1.00 bits per heavy atom. The molecule has 1 heterocycles. The van der Waals surface area contributed by atoms with Gasteiger partial charge in [0.1, 0.15) is 6.54 Å². The van der Waals surface area contributed by atoms with Gasteiger partial charge in [0.15, 0.2) is 12.4 Å². The lowest BCUT2D eigenvalue weighted by atomic mass is 9.99. The van der Waals surface area contributed by atoms with Gasteiger partial charge < -0.3 is 25.1 Å². The average Bonchev–Trinajstić information content (AvgIpc) is 3.29. The van der Waals surface area contributed by atoms with Crippen molar-refractivity contribution in [3.05, 3.63) is 54.0 Å². The van der Waals surface area contributed by atoms with E-state index in [0.29, 0.717) is 11.6 Å². The van der Waals surface area contributed by atoms with Crippen LogP contribution in [0, 0.1) is 0 Å². The van der Waals surface area contributed by atoms with Crippen LogP contribution in [0.1, 0.15) is 42.3 Å². The molecule has 0 aliphatic carbocycles. The van der Waals surface area contributed by atoms with Gasteiger partial charge in [-0.3, -0.25) is 19.2 Å². The van der Waals surface area contributed by atoms with E-state index in [1.54, 1.807) is 18.2 Å². The fraction of sp³-hybridized carbons (Fsp3) is 0.333. The zero-order chi connectivity index (χ0) is 21.9. The van der Waals surface area contributed by atoms with Crippen LogP contribution in [0.15, 0.2) is 47.1 Å². The van der Waals surface area contributed by atoms with Gasteiger partial charge in [-0.25, -0.2) is 0 Å². The Bertz CT molecular complexity index is 861. The second-order valence-corrected chi connectivity index (χ2v) is 6.58. The Hall–Kier alpha value is -3.62. The van der Waals surface area contributed by atoms with E-state index in [1.165, 1.54) is 17.9 Å². The van der Waals surface area contributed by atoms with E-state index >= 15 is 0 Å². The highest BCUT2D eigenvalue weighted by molar-refractivity contribution is 5.95. The zero-order valence-corrected chi connectivity index (χ0v) is 16.9. The van der Waals surface area contributed by atoms with E-state index in [1.807, 2.05) is 12.1 Å². The van der Waals surface area contributed by atoms with Crippen LogP contribution in [0.5, 0.6) is 0 Å². The molecule has 9 heteroatoms. The summed E-state index contributed by atoms with van der Waals surface area (Å²) in [6.07, 6.45) is 2.36. The van der Waals surface area contributed by atoms with Gasteiger partial charge in [-0.2, -0.15) is 0 Å². The lowest BCUT2D eigenvalue weighted by Gasteiger charge is -2.11. The van der Waals surface area contributed by atoms with E-state index in [-0.39, 0.29) is 12.3 Å². The zero-order valence-electron chi connectivity index (χ0n) is 16.9. The fourth-order valence-electron chi connectivity index (χ4n) is 2.41. The molecule has 1 aromatic heterocycles. The summed E-state index contributed by atoms with van der Waals surface area (Å²) in [6, 6.07) is 10.5. The van der Waals surface area contributed by atoms with Crippen molar-refractivity contribution in [2.24, 2.45) is 0 Å². The summed E-state index contributed by atoms with van der Waals surface area (Å²) in [5, 5.41) is 7.26. The lowest BCUT2D eigenvalue weighted by Crippen LogP contribution is -2.39. The maximum atomic E-state index is 11.9. The molecule has 1 aromatic carbocycles. The summed E-state index contributed by atoms with van der Waals surface area (Å²) >= 11 is 0. The molecule has 0 saturated carbocycles. The second-order valence-electron chi connectivity index (χ2n) is 6.58. The molecule has 9 nitrogen and oxygen atoms in total. The van der Waals surface area contributed by atoms with E-state index < -0.39 is 36.8 Å². The number of hydrogen-bond acceptors (Lipinski definition) is 6. The maximum absolute atomic E-state index is 11.9. The normalized spacial score (nSPS) is 11.3. The van der Waals surface area contributed by atoms with Gasteiger partial charge in [0, 0.05) is 5.69 Å². The predicted molar refractivity (Wildman–Crippen MR) is 109 cm³/mol. The van der Waals surface area contributed by atoms with Crippen LogP contribution in [0.4, 0.5) is 5.69 Å². The Morgan fingerprint density at radius 2 is 1.73 bits per heavy atom. The first-order chi connectivity index (χ1) is 14.4. The first kappa shape index (κ1) is 22.7. The van der Waals surface area contributed by atoms with E-state index in [4.69, 9.17) is 9.15 Å². The Balaban J connectivity index is 1.63. The number of amides is 3. The third kappa shape index (κ3) is 7.42. The molecule has 0 saturated heterocycles. The minimum Gasteiger partial charge on any atom is -0.459 e. The molecule has 2 rings (SSSR count). The van der Waals surface area contributed by atoms with Crippen molar-refractivity contribution in [3.8, 4) is 0 Å². The van der Waals surface area contributed by atoms with Gasteiger partial charge in [0.2, 0.25) is 5.91 Å². The summed E-state index contributed by atoms with van der Waals surface area (Å²) < 4.78 is 9.71. The van der Waals surface area contributed by atoms with Gasteiger partial charge in [-0.15, -0.1) is 0 Å². The summed E-state index contributed by atoms with van der Waals surface area (Å²) in [6.45, 7) is 3.00. The van der Waals surface area contributed by atoms with Crippen molar-refractivity contribution < 1.29 is 28.3 Å². The summed E-state index contributed by atoms with van der Waals surface area (Å²) in [5.41, 5.74) is 1.78. The topological polar surface area (TPSA) is 127 Å². The molecule has 30 heavy (non-hydrogen) atoms. The van der Waals surface area contributed by atoms with Crippen LogP contribution >= 0.6 is 0 Å². The SMILES string of the molecule is CC[C@H](C)c1ccc(NC(=O)COC(=O)CNC(=O)CNC(=O)c2ccco2)cc1. The maximum Gasteiger partial charge on any atom is 0.325 e. The molecular weight excluding hydrogens is 390 g/mol. The number of esters is 1. The molecule has 3 amide bonds. The molecule has 0 fully saturated rings. The number of nitrogens with one attached hydrogen (secondary N) is 3. The summed E-state index contributed by atoms with van der Waals surface area (Å²) in [4.78, 5) is 46.8. The highest BCUT2D eigenvalue weighted by atomic mass is 16.5. The number of rotatable bonds is 10. The minimum absolute atomic E-state index is 0.0720. The van der Waals surface area contributed by atoms with Crippen molar-refractivity contribution in [3.63, 3.8) is 0 Å². The third-order valence-electron chi connectivity index (χ3n) is 4.32. The quantitative estimate of drug-likeness (QED) is 0.508. The molecule has 160 valence electrons. The molecule has 0 aliphatic heterocycles. The van der Waals surface area contributed by atoms with Gasteiger partial charge in [-0.1, -0.05) is 26.0 Å². The number of hydrogen-bond donors (Lipinski definition) is 3. The van der Waals surface area contributed by atoms with E-state index in [9.17, 15) is 19.2 Å². The lowest BCUT2D eigenvalue weighted by molar-refractivity contribution is -0.147. The van der Waals surface area contributed by atoms with Crippen molar-refractivity contribution in [2.75, 3.05) is 25.0 Å². The predicted octanol–water partition coefficient (Wildman–Crippen LogP) is 1.82. The number of ether oxygens (including phenoxy) is 1. The highest BCUT2D eigenvalue weighted by Crippen LogP contribution is 2.20. The van der Waals surface area contributed by atoms with Gasteiger partial charge in [0.05, 0.1) is 12.8 Å². The number of furan rings is 1. The molecule has 0 spiro atoms. The van der Waals surface area contributed by atoms with Crippen LogP contribution in [0.3, 0.4) is 0 Å². The van der Waals surface area contributed by atoms with Crippen molar-refractivity contribution in [1.29, 1.82) is 0 Å². The molecule has 0 radical (unpaired) electrons. The first-order valence-electron chi connectivity index (χ1n) is 9.52. The van der Waals surface area contributed by atoms with Crippen LogP contribution < -0.4 is 16.0 Å². The van der Waals surface area contributed by atoms with Crippen molar-refractivity contribution >= 4 is 29.4 Å². The van der Waals surface area contributed by atoms with Crippen LogP contribution in [0.25, 0.3) is 0 Å². The van der Waals surface area contributed by atoms with E-state index in [0.717, 1.165) is 6.42 Å². The second kappa shape index (κ2) is 11.4. The molecule has 3 N–H and O–H groups in total. The molecular formula is C21H25N3O6. The largest absolute Gasteiger partial charge is 0.459 e. The monoisotopic (exact) mass is 415 g/mol. The first-order valence-corrected chi connectivity index (χ1v) is 9.52. The Morgan fingerprint density at radius 3 is 2.37 bits per heavy atom. The highest BCUT2D eigenvalue weighted by Gasteiger charge is 2.12. The summed E-state index contributed by atoms with van der Waals surface area (Å²) in [5.74, 6) is -1.89. The van der Waals surface area contributed by atoms with Gasteiger partial charge in [0.25, 0.3) is 11.8 Å². The fourth-order valence-corrected chi connectivity index (χ4v) is 2.41. The minimum atomic E-state index is -0.775. The van der Waals surface area contributed by atoms with E-state index in [2.05, 4.69) is 29.8 Å². The summed E-state index contributed by atoms with van der Waals surface area (Å²) in [7, 11) is 0. The number of carbonyl (C=O) groups excluding carboxylic acids is 4. The van der Waals surface area contributed by atoms with Crippen LogP contribution in [-0.2, 0) is 19.1 Å². The molecule has 0 aliphatic rings. The molecule has 1 atom stereocenters. The average molecular weight is 415 g/mol.